The van der Waals surface area contributed by atoms with E-state index in [9.17, 15) is 14.9 Å². The number of aryl methyl sites for hydroxylation is 2. The first kappa shape index (κ1) is 17.2. The van der Waals surface area contributed by atoms with Gasteiger partial charge in [-0.25, -0.2) is 0 Å². The maximum atomic E-state index is 12.5. The van der Waals surface area contributed by atoms with Gasteiger partial charge in [0.25, 0.3) is 11.6 Å². The fourth-order valence-corrected chi connectivity index (χ4v) is 3.58. The number of carbonyl (C=O) groups excluding carboxylic acids is 1. The lowest BCUT2D eigenvalue weighted by Crippen LogP contribution is -3.11. The van der Waals surface area contributed by atoms with E-state index in [2.05, 4.69) is 16.0 Å². The Morgan fingerprint density at radius 3 is 2.92 bits per heavy atom. The first-order valence-electron chi connectivity index (χ1n) is 8.46. The van der Waals surface area contributed by atoms with Gasteiger partial charge in [-0.15, -0.1) is 0 Å². The van der Waals surface area contributed by atoms with Crippen molar-refractivity contribution in [2.45, 2.75) is 25.8 Å². The molecule has 7 heteroatoms. The summed E-state index contributed by atoms with van der Waals surface area (Å²) >= 11 is 0. The fraction of sp³-hybridized carbons (Fsp3) is 0.389. The second kappa shape index (κ2) is 7.06. The molecule has 0 radical (unpaired) electrons. The number of nitrogens with zero attached hydrogens (tertiary/aromatic N) is 2. The molecule has 1 aromatic carbocycles. The molecule has 1 unspecified atom stereocenters. The van der Waals surface area contributed by atoms with Crippen molar-refractivity contribution in [1.82, 2.24) is 4.57 Å². The number of non-ortho nitro benzene ring substituents is 1. The van der Waals surface area contributed by atoms with Crippen molar-refractivity contribution in [3.8, 4) is 0 Å². The SMILES string of the molecule is Cc1ccc([N+](=O)[O-])cc1NC(=O)C[NH+]1CCC[C@H]1c1cccn1C. The molecule has 0 bridgehead atoms. The minimum Gasteiger partial charge on any atom is -0.350 e. The topological polar surface area (TPSA) is 81.6 Å². The summed E-state index contributed by atoms with van der Waals surface area (Å²) in [5, 5.41) is 13.8. The van der Waals surface area contributed by atoms with Crippen LogP contribution in [0.25, 0.3) is 0 Å². The smallest absolute Gasteiger partial charge is 0.279 e. The number of aromatic nitrogens is 1. The van der Waals surface area contributed by atoms with Crippen molar-refractivity contribution in [2.24, 2.45) is 7.05 Å². The molecule has 0 spiro atoms. The van der Waals surface area contributed by atoms with E-state index in [0.717, 1.165) is 24.9 Å². The highest BCUT2D eigenvalue weighted by molar-refractivity contribution is 5.92. The molecule has 2 heterocycles. The average Bonchev–Trinajstić information content (AvgIpc) is 3.17. The Labute approximate surface area is 146 Å². The van der Waals surface area contributed by atoms with Crippen LogP contribution in [0.4, 0.5) is 11.4 Å². The summed E-state index contributed by atoms with van der Waals surface area (Å²) in [4.78, 5) is 24.2. The molecule has 1 aliphatic heterocycles. The molecule has 0 aliphatic carbocycles. The van der Waals surface area contributed by atoms with Gasteiger partial charge in [-0.05, 0) is 24.6 Å². The van der Waals surface area contributed by atoms with E-state index in [1.165, 1.54) is 22.7 Å². The highest BCUT2D eigenvalue weighted by atomic mass is 16.6. The van der Waals surface area contributed by atoms with Crippen LogP contribution in [0.2, 0.25) is 0 Å². The van der Waals surface area contributed by atoms with Gasteiger partial charge in [-0.2, -0.15) is 0 Å². The van der Waals surface area contributed by atoms with Gasteiger partial charge in [-0.3, -0.25) is 14.9 Å². The quantitative estimate of drug-likeness (QED) is 0.639. The summed E-state index contributed by atoms with van der Waals surface area (Å²) < 4.78 is 2.11. The second-order valence-corrected chi connectivity index (χ2v) is 6.63. The van der Waals surface area contributed by atoms with Crippen molar-refractivity contribution < 1.29 is 14.6 Å². The summed E-state index contributed by atoms with van der Waals surface area (Å²) in [6, 6.07) is 8.97. The Morgan fingerprint density at radius 1 is 1.44 bits per heavy atom. The van der Waals surface area contributed by atoms with Gasteiger partial charge in [0, 0.05) is 38.2 Å². The third-order valence-corrected chi connectivity index (χ3v) is 4.92. The zero-order chi connectivity index (χ0) is 18.0. The number of benzene rings is 1. The Kier molecular flexibility index (Phi) is 4.85. The number of carbonyl (C=O) groups is 1. The monoisotopic (exact) mass is 343 g/mol. The summed E-state index contributed by atoms with van der Waals surface area (Å²) in [5.74, 6) is -0.111. The van der Waals surface area contributed by atoms with E-state index in [-0.39, 0.29) is 11.6 Å². The van der Waals surface area contributed by atoms with Gasteiger partial charge in [0.1, 0.15) is 6.04 Å². The van der Waals surface area contributed by atoms with Crippen LogP contribution in [-0.2, 0) is 11.8 Å². The molecular formula is C18H23N4O3+. The van der Waals surface area contributed by atoms with Crippen molar-refractivity contribution in [2.75, 3.05) is 18.4 Å². The minimum absolute atomic E-state index is 0.0175. The van der Waals surface area contributed by atoms with Crippen molar-refractivity contribution in [3.63, 3.8) is 0 Å². The Bertz CT molecular complexity index is 799. The number of quaternary nitrogens is 1. The third kappa shape index (κ3) is 3.71. The number of anilines is 1. The lowest BCUT2D eigenvalue weighted by Gasteiger charge is -2.22. The zero-order valence-electron chi connectivity index (χ0n) is 14.5. The summed E-state index contributed by atoms with van der Waals surface area (Å²) in [7, 11) is 2.03. The van der Waals surface area contributed by atoms with E-state index in [1.807, 2.05) is 26.2 Å². The molecule has 2 aromatic rings. The van der Waals surface area contributed by atoms with Crippen LogP contribution in [0.15, 0.2) is 36.5 Å². The predicted octanol–water partition coefficient (Wildman–Crippen LogP) is 1.60. The molecule has 2 N–H and O–H groups in total. The molecule has 3 rings (SSSR count). The molecule has 25 heavy (non-hydrogen) atoms. The first-order chi connectivity index (χ1) is 12.0. The Hall–Kier alpha value is -2.67. The maximum Gasteiger partial charge on any atom is 0.279 e. The van der Waals surface area contributed by atoms with E-state index in [1.54, 1.807) is 6.07 Å². The number of nitro groups is 1. The Balaban J connectivity index is 1.69. The average molecular weight is 343 g/mol. The normalized spacial score (nSPS) is 19.8. The molecule has 1 fully saturated rings. The minimum atomic E-state index is -0.452. The maximum absolute atomic E-state index is 12.5. The van der Waals surface area contributed by atoms with E-state index in [0.29, 0.717) is 18.3 Å². The molecule has 0 saturated carbocycles. The molecule has 7 nitrogen and oxygen atoms in total. The van der Waals surface area contributed by atoms with Gasteiger partial charge in [0.15, 0.2) is 6.54 Å². The van der Waals surface area contributed by atoms with Gasteiger partial charge in [0.05, 0.1) is 22.8 Å². The van der Waals surface area contributed by atoms with Crippen molar-refractivity contribution >= 4 is 17.3 Å². The summed E-state index contributed by atoms with van der Waals surface area (Å²) in [6.07, 6.45) is 4.18. The van der Waals surface area contributed by atoms with Crippen LogP contribution in [0, 0.1) is 17.0 Å². The number of likely N-dealkylation sites (tertiary alicyclic amines) is 1. The second-order valence-electron chi connectivity index (χ2n) is 6.63. The summed E-state index contributed by atoms with van der Waals surface area (Å²) in [6.45, 7) is 3.14. The van der Waals surface area contributed by atoms with Crippen LogP contribution < -0.4 is 10.2 Å². The van der Waals surface area contributed by atoms with E-state index in [4.69, 9.17) is 0 Å². The molecule has 132 valence electrons. The molecule has 1 aromatic heterocycles. The van der Waals surface area contributed by atoms with Gasteiger partial charge < -0.3 is 14.8 Å². The Morgan fingerprint density at radius 2 is 2.24 bits per heavy atom. The molecule has 1 saturated heterocycles. The number of nitrogens with one attached hydrogen (secondary N) is 2. The van der Waals surface area contributed by atoms with Crippen LogP contribution in [0.3, 0.4) is 0 Å². The lowest BCUT2D eigenvalue weighted by atomic mass is 10.1. The molecule has 2 atom stereocenters. The van der Waals surface area contributed by atoms with Crippen LogP contribution in [0.1, 0.15) is 30.1 Å². The predicted molar refractivity (Wildman–Crippen MR) is 94.5 cm³/mol. The molecule has 1 aliphatic rings. The van der Waals surface area contributed by atoms with Crippen LogP contribution >= 0.6 is 0 Å². The third-order valence-electron chi connectivity index (χ3n) is 4.92. The van der Waals surface area contributed by atoms with Gasteiger partial charge in [-0.1, -0.05) is 6.07 Å². The van der Waals surface area contributed by atoms with E-state index >= 15 is 0 Å². The number of amides is 1. The summed E-state index contributed by atoms with van der Waals surface area (Å²) in [5.41, 5.74) is 2.55. The highest BCUT2D eigenvalue weighted by Gasteiger charge is 2.33. The standard InChI is InChI=1S/C18H22N4O3/c1-13-7-8-14(22(24)25)11-15(13)19-18(23)12-21-10-4-6-17(21)16-5-3-9-20(16)2/h3,5,7-9,11,17H,4,6,10,12H2,1-2H3,(H,19,23)/p+1/t17-/m0/s1. The molecular weight excluding hydrogens is 320 g/mol. The van der Waals surface area contributed by atoms with Crippen LogP contribution in [-0.4, -0.2) is 28.5 Å². The number of hydrogen-bond donors (Lipinski definition) is 2. The van der Waals surface area contributed by atoms with Gasteiger partial charge in [0.2, 0.25) is 0 Å². The van der Waals surface area contributed by atoms with Crippen molar-refractivity contribution in [3.05, 3.63) is 57.9 Å². The van der Waals surface area contributed by atoms with Gasteiger partial charge >= 0.3 is 0 Å². The number of rotatable bonds is 5. The van der Waals surface area contributed by atoms with E-state index < -0.39 is 4.92 Å². The van der Waals surface area contributed by atoms with Crippen LogP contribution in [0.5, 0.6) is 0 Å². The fourth-order valence-electron chi connectivity index (χ4n) is 3.58. The van der Waals surface area contributed by atoms with Crippen molar-refractivity contribution in [1.29, 1.82) is 0 Å². The zero-order valence-corrected chi connectivity index (χ0v) is 14.5. The molecule has 1 amide bonds. The highest BCUT2D eigenvalue weighted by Crippen LogP contribution is 2.22. The number of hydrogen-bond acceptors (Lipinski definition) is 3. The number of nitro benzene ring substituents is 1. The lowest BCUT2D eigenvalue weighted by molar-refractivity contribution is -0.910. The largest absolute Gasteiger partial charge is 0.350 e. The first-order valence-corrected chi connectivity index (χ1v) is 8.46.